The van der Waals surface area contributed by atoms with Gasteiger partial charge in [0.1, 0.15) is 5.75 Å². The minimum Gasteiger partial charge on any atom is -0.422 e. The molecular weight excluding hydrogens is 433 g/mol. The summed E-state index contributed by atoms with van der Waals surface area (Å²) in [5.74, 6) is -1.44. The predicted molar refractivity (Wildman–Crippen MR) is 109 cm³/mol. The van der Waals surface area contributed by atoms with Crippen molar-refractivity contribution in [3.8, 4) is 5.75 Å². The highest BCUT2D eigenvalue weighted by Crippen LogP contribution is 2.30. The highest BCUT2D eigenvalue weighted by Gasteiger charge is 2.31. The number of alkyl halides is 3. The van der Waals surface area contributed by atoms with Crippen molar-refractivity contribution in [3.05, 3.63) is 100 Å². The predicted octanol–water partition coefficient (Wildman–Crippen LogP) is 5.34. The molecule has 3 aromatic carbocycles. The highest BCUT2D eigenvalue weighted by atomic mass is 35.5. The lowest BCUT2D eigenvalue weighted by Crippen LogP contribution is -2.17. The van der Waals surface area contributed by atoms with Crippen molar-refractivity contribution in [1.29, 1.82) is 0 Å². The van der Waals surface area contributed by atoms with E-state index in [9.17, 15) is 22.8 Å². The molecule has 0 saturated carbocycles. The number of amides is 1. The van der Waals surface area contributed by atoms with Crippen molar-refractivity contribution < 1.29 is 27.5 Å². The number of hydrogen-bond acceptors (Lipinski definition) is 4. The number of halogens is 4. The van der Waals surface area contributed by atoms with Gasteiger partial charge >= 0.3 is 12.1 Å². The standard InChI is InChI=1S/C22H14ClF3N2O3/c23-18-9-10-19(31-21(30)15-7-4-8-17(11-15)22(24,25)26)16(12-18)13-27-28-20(29)14-5-2-1-3-6-14/h1-13H,(H,28,29)/b27-13+. The number of hydrazone groups is 1. The molecule has 31 heavy (non-hydrogen) atoms. The molecule has 0 saturated heterocycles. The third-order valence-corrected chi connectivity index (χ3v) is 4.24. The monoisotopic (exact) mass is 446 g/mol. The van der Waals surface area contributed by atoms with Crippen LogP contribution in [0, 0.1) is 0 Å². The lowest BCUT2D eigenvalue weighted by molar-refractivity contribution is -0.137. The van der Waals surface area contributed by atoms with E-state index >= 15 is 0 Å². The van der Waals surface area contributed by atoms with Gasteiger partial charge < -0.3 is 4.74 Å². The number of ether oxygens (including phenoxy) is 1. The zero-order valence-electron chi connectivity index (χ0n) is 15.7. The Morgan fingerprint density at radius 2 is 1.65 bits per heavy atom. The molecule has 3 rings (SSSR count). The summed E-state index contributed by atoms with van der Waals surface area (Å²) in [6.07, 6.45) is -3.38. The Bertz CT molecular complexity index is 1130. The average molecular weight is 447 g/mol. The fourth-order valence-corrected chi connectivity index (χ4v) is 2.69. The van der Waals surface area contributed by atoms with Gasteiger partial charge in [-0.05, 0) is 48.5 Å². The Hall–Kier alpha value is -3.65. The van der Waals surface area contributed by atoms with Crippen molar-refractivity contribution in [2.24, 2.45) is 5.10 Å². The Kier molecular flexibility index (Phi) is 6.71. The number of hydrogen-bond donors (Lipinski definition) is 1. The maximum atomic E-state index is 12.9. The van der Waals surface area contributed by atoms with Crippen LogP contribution in [0.25, 0.3) is 0 Å². The van der Waals surface area contributed by atoms with Crippen LogP contribution in [-0.2, 0) is 6.18 Å². The minimum atomic E-state index is -4.59. The summed E-state index contributed by atoms with van der Waals surface area (Å²) in [6, 6.07) is 16.5. The molecule has 3 aromatic rings. The van der Waals surface area contributed by atoms with Crippen molar-refractivity contribution in [2.75, 3.05) is 0 Å². The largest absolute Gasteiger partial charge is 0.422 e. The number of benzene rings is 3. The van der Waals surface area contributed by atoms with E-state index in [0.717, 1.165) is 12.1 Å². The molecule has 0 heterocycles. The summed E-state index contributed by atoms with van der Waals surface area (Å²) >= 11 is 5.96. The Morgan fingerprint density at radius 1 is 0.935 bits per heavy atom. The first kappa shape index (κ1) is 22.0. The summed E-state index contributed by atoms with van der Waals surface area (Å²) in [5.41, 5.74) is 1.71. The number of nitrogens with zero attached hydrogens (tertiary/aromatic N) is 1. The molecule has 0 spiro atoms. The van der Waals surface area contributed by atoms with Crippen LogP contribution in [0.4, 0.5) is 13.2 Å². The molecule has 0 aliphatic heterocycles. The van der Waals surface area contributed by atoms with Crippen molar-refractivity contribution in [3.63, 3.8) is 0 Å². The van der Waals surface area contributed by atoms with Crippen LogP contribution in [0.15, 0.2) is 77.9 Å². The second-order valence-electron chi connectivity index (χ2n) is 6.22. The molecule has 0 atom stereocenters. The van der Waals surface area contributed by atoms with Gasteiger partial charge in [-0.3, -0.25) is 4.79 Å². The molecule has 0 fully saturated rings. The van der Waals surface area contributed by atoms with Crippen molar-refractivity contribution >= 4 is 29.7 Å². The van der Waals surface area contributed by atoms with Gasteiger partial charge in [0.25, 0.3) is 5.91 Å². The molecule has 5 nitrogen and oxygen atoms in total. The van der Waals surface area contributed by atoms with E-state index in [2.05, 4.69) is 10.5 Å². The first-order valence-electron chi connectivity index (χ1n) is 8.81. The quantitative estimate of drug-likeness (QED) is 0.249. The second kappa shape index (κ2) is 9.44. The van der Waals surface area contributed by atoms with Crippen LogP contribution >= 0.6 is 11.6 Å². The van der Waals surface area contributed by atoms with Gasteiger partial charge in [0.2, 0.25) is 0 Å². The van der Waals surface area contributed by atoms with Gasteiger partial charge in [0, 0.05) is 16.1 Å². The first-order chi connectivity index (χ1) is 14.7. The summed E-state index contributed by atoms with van der Waals surface area (Å²) in [6.45, 7) is 0. The van der Waals surface area contributed by atoms with E-state index in [1.807, 2.05) is 0 Å². The molecule has 0 unspecified atom stereocenters. The van der Waals surface area contributed by atoms with Crippen LogP contribution in [0.2, 0.25) is 5.02 Å². The number of carbonyl (C=O) groups is 2. The lowest BCUT2D eigenvalue weighted by Gasteiger charge is -2.10. The Morgan fingerprint density at radius 3 is 2.35 bits per heavy atom. The van der Waals surface area contributed by atoms with E-state index < -0.39 is 23.6 Å². The molecule has 0 bridgehead atoms. The summed E-state index contributed by atoms with van der Waals surface area (Å²) in [5, 5.41) is 4.12. The molecule has 0 aliphatic rings. The smallest absolute Gasteiger partial charge is 0.416 e. The molecule has 0 radical (unpaired) electrons. The number of esters is 1. The number of rotatable bonds is 5. The normalized spacial score (nSPS) is 11.4. The minimum absolute atomic E-state index is 0.00419. The van der Waals surface area contributed by atoms with Crippen LogP contribution < -0.4 is 10.2 Å². The van der Waals surface area contributed by atoms with E-state index in [0.29, 0.717) is 16.7 Å². The van der Waals surface area contributed by atoms with E-state index in [1.54, 1.807) is 30.3 Å². The zero-order valence-corrected chi connectivity index (χ0v) is 16.4. The first-order valence-corrected chi connectivity index (χ1v) is 9.19. The lowest BCUT2D eigenvalue weighted by atomic mass is 10.1. The number of carbonyl (C=O) groups excluding carboxylic acids is 2. The van der Waals surface area contributed by atoms with Crippen molar-refractivity contribution in [2.45, 2.75) is 6.18 Å². The summed E-state index contributed by atoms with van der Waals surface area (Å²) in [7, 11) is 0. The molecule has 1 amide bonds. The van der Waals surface area contributed by atoms with Crippen LogP contribution in [0.5, 0.6) is 5.75 Å². The van der Waals surface area contributed by atoms with E-state index in [1.165, 1.54) is 30.5 Å². The molecule has 0 aliphatic carbocycles. The topological polar surface area (TPSA) is 67.8 Å². The average Bonchev–Trinajstić information content (AvgIpc) is 2.75. The van der Waals surface area contributed by atoms with Gasteiger partial charge in [0.15, 0.2) is 0 Å². The van der Waals surface area contributed by atoms with E-state index in [4.69, 9.17) is 16.3 Å². The summed E-state index contributed by atoms with van der Waals surface area (Å²) in [4.78, 5) is 24.4. The molecular formula is C22H14ClF3N2O3. The van der Waals surface area contributed by atoms with Crippen LogP contribution in [0.1, 0.15) is 31.8 Å². The fraction of sp³-hybridized carbons (Fsp3) is 0.0455. The fourth-order valence-electron chi connectivity index (χ4n) is 2.51. The maximum absolute atomic E-state index is 12.9. The molecule has 9 heteroatoms. The molecule has 0 aromatic heterocycles. The highest BCUT2D eigenvalue weighted by molar-refractivity contribution is 6.31. The van der Waals surface area contributed by atoms with E-state index in [-0.39, 0.29) is 16.9 Å². The van der Waals surface area contributed by atoms with Gasteiger partial charge in [-0.1, -0.05) is 35.9 Å². The second-order valence-corrected chi connectivity index (χ2v) is 6.65. The zero-order chi connectivity index (χ0) is 22.4. The summed E-state index contributed by atoms with van der Waals surface area (Å²) < 4.78 is 43.9. The van der Waals surface area contributed by atoms with Gasteiger partial charge in [0.05, 0.1) is 17.3 Å². The van der Waals surface area contributed by atoms with Crippen molar-refractivity contribution in [1.82, 2.24) is 5.43 Å². The number of nitrogens with one attached hydrogen (secondary N) is 1. The molecule has 158 valence electrons. The van der Waals surface area contributed by atoms with Gasteiger partial charge in [-0.25, -0.2) is 10.2 Å². The van der Waals surface area contributed by atoms with Crippen LogP contribution in [-0.4, -0.2) is 18.1 Å². The third-order valence-electron chi connectivity index (χ3n) is 4.01. The van der Waals surface area contributed by atoms with Gasteiger partial charge in [-0.15, -0.1) is 0 Å². The third kappa shape index (κ3) is 5.93. The Labute approximate surface area is 180 Å². The maximum Gasteiger partial charge on any atom is 0.416 e. The van der Waals surface area contributed by atoms with Crippen LogP contribution in [0.3, 0.4) is 0 Å². The van der Waals surface area contributed by atoms with Gasteiger partial charge in [-0.2, -0.15) is 18.3 Å². The Balaban J connectivity index is 1.77. The molecule has 1 N–H and O–H groups in total. The SMILES string of the molecule is O=C(N/N=C/c1cc(Cl)ccc1OC(=O)c1cccc(C(F)(F)F)c1)c1ccccc1.